The number of rotatable bonds is 9. The lowest BCUT2D eigenvalue weighted by Crippen LogP contribution is -2.19. The largest absolute Gasteiger partial charge is 0.419 e. The zero-order chi connectivity index (χ0) is 24.7. The molecular weight excluding hydrogens is 448 g/mol. The van der Waals surface area contributed by atoms with Gasteiger partial charge in [0.05, 0.1) is 28.4 Å². The van der Waals surface area contributed by atoms with Gasteiger partial charge in [-0.05, 0) is 57.9 Å². The van der Waals surface area contributed by atoms with Gasteiger partial charge in [0.15, 0.2) is 0 Å². The Bertz CT molecular complexity index is 1180. The van der Waals surface area contributed by atoms with Gasteiger partial charge in [0.1, 0.15) is 5.69 Å². The molecule has 0 saturated heterocycles. The monoisotopic (exact) mass is 478 g/mol. The third kappa shape index (κ3) is 6.63. The first-order chi connectivity index (χ1) is 16.3. The predicted molar refractivity (Wildman–Crippen MR) is 136 cm³/mol. The molecule has 1 unspecified atom stereocenters. The summed E-state index contributed by atoms with van der Waals surface area (Å²) in [4.78, 5) is 11.7. The van der Waals surface area contributed by atoms with Gasteiger partial charge in [0, 0.05) is 34.9 Å². The zero-order valence-corrected chi connectivity index (χ0v) is 20.7. The first-order valence-electron chi connectivity index (χ1n) is 10.8. The highest BCUT2D eigenvalue weighted by Crippen LogP contribution is 2.20. The molecule has 0 bridgehead atoms. The van der Waals surface area contributed by atoms with E-state index in [1.807, 2.05) is 62.4 Å². The third-order valence-corrected chi connectivity index (χ3v) is 6.46. The number of ether oxygens (including phenoxy) is 1. The number of hydrogen-bond acceptors (Lipinski definition) is 8. The van der Waals surface area contributed by atoms with E-state index in [4.69, 9.17) is 15.6 Å². The first kappa shape index (κ1) is 25.4. The van der Waals surface area contributed by atoms with Crippen LogP contribution in [0.3, 0.4) is 0 Å². The van der Waals surface area contributed by atoms with Crippen molar-refractivity contribution < 1.29 is 8.95 Å². The second-order valence-corrected chi connectivity index (χ2v) is 9.62. The van der Waals surface area contributed by atoms with Gasteiger partial charge in [-0.2, -0.15) is 0 Å². The second-order valence-electron chi connectivity index (χ2n) is 8.05. The molecular formula is C25H30N6O2S. The van der Waals surface area contributed by atoms with Gasteiger partial charge in [-0.15, -0.1) is 0 Å². The van der Waals surface area contributed by atoms with Crippen molar-refractivity contribution in [1.82, 2.24) is 20.2 Å². The minimum absolute atomic E-state index is 0.128. The maximum atomic E-state index is 12.4. The number of hydrogen-bond donors (Lipinski definition) is 3. The van der Waals surface area contributed by atoms with Crippen LogP contribution in [-0.2, 0) is 22.1 Å². The summed E-state index contributed by atoms with van der Waals surface area (Å²) in [5.74, 6) is 0.203. The van der Waals surface area contributed by atoms with Gasteiger partial charge >= 0.3 is 0 Å². The summed E-state index contributed by atoms with van der Waals surface area (Å²) in [5, 5.41) is 19.7. The average molecular weight is 479 g/mol. The molecule has 0 aliphatic heterocycles. The van der Waals surface area contributed by atoms with Crippen LogP contribution in [-0.4, -0.2) is 64.3 Å². The molecule has 0 saturated carbocycles. The standard InChI is InChI=1S/C25H30N6O2S/c1-17-23(25(27)33-24(26)20-7-5-18(6-8-20)15-28-2)30-22(16-29-17)19-9-11-21(12-10-19)34(32)14-13-31(3)4/h5-12,16,26-28H,13-15H2,1-4H3. The number of nitrogens with zero attached hydrogens (tertiary/aromatic N) is 3. The van der Waals surface area contributed by atoms with Crippen molar-refractivity contribution in [2.75, 3.05) is 33.4 Å². The predicted octanol–water partition coefficient (Wildman–Crippen LogP) is 3.21. The van der Waals surface area contributed by atoms with E-state index >= 15 is 0 Å². The van der Waals surface area contributed by atoms with Crippen LogP contribution in [0.25, 0.3) is 11.3 Å². The van der Waals surface area contributed by atoms with E-state index in [0.29, 0.717) is 22.7 Å². The lowest BCUT2D eigenvalue weighted by molar-refractivity contribution is 0.435. The molecule has 34 heavy (non-hydrogen) atoms. The molecule has 0 radical (unpaired) electrons. The maximum Gasteiger partial charge on any atom is 0.241 e. The molecule has 3 N–H and O–H groups in total. The quantitative estimate of drug-likeness (QED) is 0.321. The Morgan fingerprint density at radius 2 is 1.74 bits per heavy atom. The molecule has 1 aromatic heterocycles. The van der Waals surface area contributed by atoms with Gasteiger partial charge in [-0.25, -0.2) is 4.98 Å². The minimum Gasteiger partial charge on any atom is -0.419 e. The molecule has 3 rings (SSSR count). The van der Waals surface area contributed by atoms with Gasteiger partial charge in [-0.3, -0.25) is 20.0 Å². The molecule has 8 nitrogen and oxygen atoms in total. The van der Waals surface area contributed by atoms with Crippen molar-refractivity contribution in [3.63, 3.8) is 0 Å². The van der Waals surface area contributed by atoms with E-state index in [2.05, 4.69) is 15.3 Å². The summed E-state index contributed by atoms with van der Waals surface area (Å²) in [6, 6.07) is 14.8. The van der Waals surface area contributed by atoms with Crippen molar-refractivity contribution in [1.29, 1.82) is 10.8 Å². The van der Waals surface area contributed by atoms with Gasteiger partial charge < -0.3 is 15.0 Å². The molecule has 1 heterocycles. The Morgan fingerprint density at radius 3 is 2.35 bits per heavy atom. The van der Waals surface area contributed by atoms with Gasteiger partial charge in [-0.1, -0.05) is 24.3 Å². The summed E-state index contributed by atoms with van der Waals surface area (Å²) in [5.41, 5.74) is 3.84. The maximum absolute atomic E-state index is 12.4. The van der Waals surface area contributed by atoms with Crippen molar-refractivity contribution in [2.24, 2.45) is 0 Å². The van der Waals surface area contributed by atoms with E-state index in [1.165, 1.54) is 0 Å². The van der Waals surface area contributed by atoms with E-state index in [9.17, 15) is 4.21 Å². The van der Waals surface area contributed by atoms with Crippen molar-refractivity contribution in [3.8, 4) is 11.3 Å². The van der Waals surface area contributed by atoms with E-state index in [1.54, 1.807) is 25.3 Å². The number of aromatic nitrogens is 2. The fraction of sp³-hybridized carbons (Fsp3) is 0.280. The summed E-state index contributed by atoms with van der Waals surface area (Å²) in [6.07, 6.45) is 1.63. The Labute approximate surface area is 202 Å². The molecule has 0 spiro atoms. The summed E-state index contributed by atoms with van der Waals surface area (Å²) >= 11 is 0. The van der Waals surface area contributed by atoms with Crippen LogP contribution in [0.5, 0.6) is 0 Å². The molecule has 0 amide bonds. The highest BCUT2D eigenvalue weighted by atomic mass is 32.2. The van der Waals surface area contributed by atoms with Gasteiger partial charge in [0.25, 0.3) is 0 Å². The average Bonchev–Trinajstić information content (AvgIpc) is 2.83. The third-order valence-electron chi connectivity index (χ3n) is 5.11. The van der Waals surface area contributed by atoms with E-state index in [-0.39, 0.29) is 17.5 Å². The van der Waals surface area contributed by atoms with Crippen molar-refractivity contribution >= 4 is 22.6 Å². The lowest BCUT2D eigenvalue weighted by Gasteiger charge is -2.12. The Hall–Kier alpha value is -3.27. The minimum atomic E-state index is -1.07. The molecule has 0 aliphatic rings. The molecule has 0 fully saturated rings. The van der Waals surface area contributed by atoms with Crippen LogP contribution in [0.15, 0.2) is 59.6 Å². The topological polar surface area (TPSA) is 115 Å². The molecule has 178 valence electrons. The zero-order valence-electron chi connectivity index (χ0n) is 19.9. The summed E-state index contributed by atoms with van der Waals surface area (Å²) < 4.78 is 17.9. The Kier molecular flexibility index (Phi) is 8.75. The van der Waals surface area contributed by atoms with Crippen LogP contribution in [0, 0.1) is 17.7 Å². The number of aryl methyl sites for hydroxylation is 1. The van der Waals surface area contributed by atoms with Crippen molar-refractivity contribution in [3.05, 3.63) is 77.2 Å². The second kappa shape index (κ2) is 11.7. The fourth-order valence-corrected chi connectivity index (χ4v) is 4.36. The van der Waals surface area contributed by atoms with Crippen LogP contribution in [0.1, 0.15) is 22.5 Å². The number of nitrogens with one attached hydrogen (secondary N) is 3. The normalized spacial score (nSPS) is 11.9. The van der Waals surface area contributed by atoms with Crippen LogP contribution in [0.2, 0.25) is 0 Å². The molecule has 1 atom stereocenters. The molecule has 9 heteroatoms. The molecule has 2 aromatic carbocycles. The SMILES string of the molecule is CNCc1ccc(C(=N)OC(=N)c2nc(-c3ccc(S(=O)CCN(C)C)cc3)cnc2C)cc1. The lowest BCUT2D eigenvalue weighted by atomic mass is 10.1. The molecule has 3 aromatic rings. The van der Waals surface area contributed by atoms with E-state index < -0.39 is 10.8 Å². The molecule has 0 aliphatic carbocycles. The Balaban J connectivity index is 1.73. The number of benzene rings is 2. The van der Waals surface area contributed by atoms with Crippen LogP contribution < -0.4 is 5.32 Å². The summed E-state index contributed by atoms with van der Waals surface area (Å²) in [6.45, 7) is 3.23. The van der Waals surface area contributed by atoms with Crippen LogP contribution >= 0.6 is 0 Å². The van der Waals surface area contributed by atoms with E-state index in [0.717, 1.165) is 29.1 Å². The summed E-state index contributed by atoms with van der Waals surface area (Å²) in [7, 11) is 4.72. The smallest absolute Gasteiger partial charge is 0.241 e. The van der Waals surface area contributed by atoms with Crippen LogP contribution in [0.4, 0.5) is 0 Å². The highest BCUT2D eigenvalue weighted by molar-refractivity contribution is 7.85. The Morgan fingerprint density at radius 1 is 1.06 bits per heavy atom. The van der Waals surface area contributed by atoms with Crippen molar-refractivity contribution in [2.45, 2.75) is 18.4 Å². The first-order valence-corrected chi connectivity index (χ1v) is 12.2. The van der Waals surface area contributed by atoms with Gasteiger partial charge in [0.2, 0.25) is 11.8 Å². The fourth-order valence-electron chi connectivity index (χ4n) is 3.15. The highest BCUT2D eigenvalue weighted by Gasteiger charge is 2.16.